The van der Waals surface area contributed by atoms with E-state index in [1.54, 1.807) is 43.3 Å². The number of rotatable bonds is 6. The number of carbonyl (C=O) groups is 1. The summed E-state index contributed by atoms with van der Waals surface area (Å²) in [6.07, 6.45) is 0.878. The van der Waals surface area contributed by atoms with E-state index in [1.165, 1.54) is 6.07 Å². The zero-order chi connectivity index (χ0) is 16.8. The third-order valence-electron chi connectivity index (χ3n) is 3.32. The van der Waals surface area contributed by atoms with Crippen LogP contribution in [0.4, 0.5) is 11.4 Å². The summed E-state index contributed by atoms with van der Waals surface area (Å²) < 4.78 is 5.50. The molecule has 1 N–H and O–H groups in total. The van der Waals surface area contributed by atoms with Crippen molar-refractivity contribution in [2.75, 3.05) is 11.9 Å². The van der Waals surface area contributed by atoms with Gasteiger partial charge >= 0.3 is 0 Å². The van der Waals surface area contributed by atoms with Crippen LogP contribution in [-0.4, -0.2) is 17.4 Å². The molecule has 0 radical (unpaired) electrons. The highest BCUT2D eigenvalue weighted by molar-refractivity contribution is 6.05. The van der Waals surface area contributed by atoms with Crippen LogP contribution < -0.4 is 10.1 Å². The maximum absolute atomic E-state index is 12.3. The molecule has 0 aliphatic heterocycles. The van der Waals surface area contributed by atoms with Gasteiger partial charge in [-0.05, 0) is 37.6 Å². The fraction of sp³-hybridized carbons (Fsp3) is 0.235. The number of nitrogens with zero attached hydrogens (tertiary/aromatic N) is 1. The fourth-order valence-corrected chi connectivity index (χ4v) is 2.10. The van der Waals surface area contributed by atoms with Crippen molar-refractivity contribution in [3.63, 3.8) is 0 Å². The average Bonchev–Trinajstić information content (AvgIpc) is 2.54. The van der Waals surface area contributed by atoms with Crippen LogP contribution in [0.15, 0.2) is 42.5 Å². The van der Waals surface area contributed by atoms with Crippen LogP contribution >= 0.6 is 0 Å². The maximum Gasteiger partial charge on any atom is 0.274 e. The Morgan fingerprint density at radius 3 is 2.70 bits per heavy atom. The molecule has 120 valence electrons. The molecule has 0 aliphatic rings. The van der Waals surface area contributed by atoms with Crippen molar-refractivity contribution in [3.8, 4) is 5.75 Å². The molecule has 0 fully saturated rings. The van der Waals surface area contributed by atoms with Crippen molar-refractivity contribution in [3.05, 3.63) is 63.7 Å². The molecule has 0 spiro atoms. The highest BCUT2D eigenvalue weighted by atomic mass is 16.6. The number of carbonyl (C=O) groups excluding carboxylic acids is 1. The Morgan fingerprint density at radius 2 is 2.00 bits per heavy atom. The molecule has 1 amide bonds. The smallest absolute Gasteiger partial charge is 0.274 e. The zero-order valence-corrected chi connectivity index (χ0v) is 13.0. The predicted molar refractivity (Wildman–Crippen MR) is 88.0 cm³/mol. The molecule has 2 aromatic rings. The van der Waals surface area contributed by atoms with Crippen LogP contribution in [0.3, 0.4) is 0 Å². The number of nitrogens with one attached hydrogen (secondary N) is 1. The van der Waals surface area contributed by atoms with Gasteiger partial charge < -0.3 is 10.1 Å². The monoisotopic (exact) mass is 314 g/mol. The second kappa shape index (κ2) is 7.40. The normalized spacial score (nSPS) is 10.2. The molecule has 0 aromatic heterocycles. The van der Waals surface area contributed by atoms with Crippen LogP contribution in [0.25, 0.3) is 0 Å². The average molecular weight is 314 g/mol. The summed E-state index contributed by atoms with van der Waals surface area (Å²) in [5, 5.41) is 13.7. The fourth-order valence-electron chi connectivity index (χ4n) is 2.10. The number of anilines is 1. The van der Waals surface area contributed by atoms with Crippen molar-refractivity contribution in [1.29, 1.82) is 0 Å². The minimum atomic E-state index is -0.468. The number of hydrogen-bond acceptors (Lipinski definition) is 4. The second-order valence-corrected chi connectivity index (χ2v) is 5.04. The molecule has 0 aliphatic carbocycles. The van der Waals surface area contributed by atoms with Crippen molar-refractivity contribution >= 4 is 17.3 Å². The Bertz CT molecular complexity index is 728. The van der Waals surface area contributed by atoms with Crippen LogP contribution in [0.5, 0.6) is 5.75 Å². The standard InChI is InChI=1S/C17H18N2O4/c1-3-10-23-14-7-4-6-13(11-14)17(20)18-15-8-5-9-16(12(15)2)19(21)22/h4-9,11H,3,10H2,1-2H3,(H,18,20). The van der Waals surface area contributed by atoms with E-state index >= 15 is 0 Å². The first-order chi connectivity index (χ1) is 11.0. The van der Waals surface area contributed by atoms with Crippen molar-refractivity contribution in [1.82, 2.24) is 0 Å². The van der Waals surface area contributed by atoms with E-state index in [1.807, 2.05) is 6.92 Å². The quantitative estimate of drug-likeness (QED) is 0.646. The summed E-state index contributed by atoms with van der Waals surface area (Å²) in [4.78, 5) is 22.8. The second-order valence-electron chi connectivity index (χ2n) is 5.04. The van der Waals surface area contributed by atoms with Crippen molar-refractivity contribution < 1.29 is 14.5 Å². The third kappa shape index (κ3) is 4.06. The molecular formula is C17H18N2O4. The van der Waals surface area contributed by atoms with E-state index < -0.39 is 4.92 Å². The van der Waals surface area contributed by atoms with Crippen molar-refractivity contribution in [2.24, 2.45) is 0 Å². The van der Waals surface area contributed by atoms with Crippen LogP contribution in [-0.2, 0) is 0 Å². The first-order valence-electron chi connectivity index (χ1n) is 7.31. The summed E-state index contributed by atoms with van der Waals surface area (Å²) in [7, 11) is 0. The van der Waals surface area contributed by atoms with Crippen LogP contribution in [0.2, 0.25) is 0 Å². The number of ether oxygens (including phenoxy) is 1. The number of hydrogen-bond donors (Lipinski definition) is 1. The van der Waals surface area contributed by atoms with Gasteiger partial charge in [0.15, 0.2) is 0 Å². The summed E-state index contributed by atoms with van der Waals surface area (Å²) >= 11 is 0. The van der Waals surface area contributed by atoms with Gasteiger partial charge in [-0.25, -0.2) is 0 Å². The first kappa shape index (κ1) is 16.5. The molecule has 0 saturated heterocycles. The van der Waals surface area contributed by atoms with Gasteiger partial charge in [0.25, 0.3) is 11.6 Å². The minimum absolute atomic E-state index is 0.0252. The van der Waals surface area contributed by atoms with E-state index in [9.17, 15) is 14.9 Å². The van der Waals surface area contributed by atoms with E-state index in [-0.39, 0.29) is 11.6 Å². The van der Waals surface area contributed by atoms with Gasteiger partial charge in [-0.2, -0.15) is 0 Å². The lowest BCUT2D eigenvalue weighted by atomic mass is 10.1. The number of nitro benzene ring substituents is 1. The molecule has 0 saturated carbocycles. The SMILES string of the molecule is CCCOc1cccc(C(=O)Nc2cccc([N+](=O)[O-])c2C)c1. The van der Waals surface area contributed by atoms with Gasteiger partial charge in [-0.15, -0.1) is 0 Å². The van der Waals surface area contributed by atoms with E-state index in [0.717, 1.165) is 6.42 Å². The summed E-state index contributed by atoms with van der Waals surface area (Å²) in [5.74, 6) is 0.283. The lowest BCUT2D eigenvalue weighted by Crippen LogP contribution is -2.13. The van der Waals surface area contributed by atoms with Gasteiger partial charge in [-0.1, -0.05) is 19.1 Å². The molecular weight excluding hydrogens is 296 g/mol. The zero-order valence-electron chi connectivity index (χ0n) is 13.0. The topological polar surface area (TPSA) is 81.5 Å². The van der Waals surface area contributed by atoms with E-state index in [4.69, 9.17) is 4.74 Å². The van der Waals surface area contributed by atoms with Gasteiger partial charge in [-0.3, -0.25) is 14.9 Å². The Balaban J connectivity index is 2.19. The van der Waals surface area contributed by atoms with E-state index in [2.05, 4.69) is 5.32 Å². The number of amides is 1. The van der Waals surface area contributed by atoms with Gasteiger partial charge in [0, 0.05) is 11.6 Å². The van der Waals surface area contributed by atoms with Crippen LogP contribution in [0.1, 0.15) is 29.3 Å². The van der Waals surface area contributed by atoms with E-state index in [0.29, 0.717) is 29.2 Å². The Kier molecular flexibility index (Phi) is 5.30. The highest BCUT2D eigenvalue weighted by Crippen LogP contribution is 2.25. The lowest BCUT2D eigenvalue weighted by molar-refractivity contribution is -0.385. The largest absolute Gasteiger partial charge is 0.494 e. The maximum atomic E-state index is 12.3. The molecule has 0 bridgehead atoms. The molecule has 0 heterocycles. The molecule has 6 nitrogen and oxygen atoms in total. The molecule has 23 heavy (non-hydrogen) atoms. The summed E-state index contributed by atoms with van der Waals surface area (Å²) in [5.41, 5.74) is 1.25. The van der Waals surface area contributed by atoms with Crippen LogP contribution in [0, 0.1) is 17.0 Å². The van der Waals surface area contributed by atoms with Crippen molar-refractivity contribution in [2.45, 2.75) is 20.3 Å². The molecule has 2 rings (SSSR count). The lowest BCUT2D eigenvalue weighted by Gasteiger charge is -2.10. The number of nitro groups is 1. The summed E-state index contributed by atoms with van der Waals surface area (Å²) in [6, 6.07) is 11.4. The van der Waals surface area contributed by atoms with Gasteiger partial charge in [0.05, 0.1) is 22.8 Å². The molecule has 0 unspecified atom stereocenters. The predicted octanol–water partition coefficient (Wildman–Crippen LogP) is 3.94. The first-order valence-corrected chi connectivity index (χ1v) is 7.31. The number of benzene rings is 2. The molecule has 6 heteroatoms. The summed E-state index contributed by atoms with van der Waals surface area (Å²) in [6.45, 7) is 4.19. The minimum Gasteiger partial charge on any atom is -0.494 e. The van der Waals surface area contributed by atoms with Gasteiger partial charge in [0.1, 0.15) is 5.75 Å². The Labute approximate surface area is 134 Å². The molecule has 0 atom stereocenters. The Hall–Kier alpha value is -2.89. The Morgan fingerprint density at radius 1 is 1.26 bits per heavy atom. The third-order valence-corrected chi connectivity index (χ3v) is 3.32. The van der Waals surface area contributed by atoms with Gasteiger partial charge in [0.2, 0.25) is 0 Å². The molecule has 2 aromatic carbocycles. The highest BCUT2D eigenvalue weighted by Gasteiger charge is 2.15.